The monoisotopic (exact) mass is 361 g/mol. The minimum atomic E-state index is -1.26. The number of halogens is 1. The normalized spacial score (nSPS) is 12.8. The van der Waals surface area contributed by atoms with E-state index in [1.165, 1.54) is 5.56 Å². The Morgan fingerprint density at radius 1 is 1.00 bits per heavy atom. The van der Waals surface area contributed by atoms with Crippen LogP contribution in [0, 0.1) is 0 Å². The molecule has 132 valence electrons. The summed E-state index contributed by atoms with van der Waals surface area (Å²) in [6, 6.07) is 18.0. The van der Waals surface area contributed by atoms with Gasteiger partial charge in [0.15, 0.2) is 0 Å². The van der Waals surface area contributed by atoms with E-state index in [2.05, 4.69) is 19.1 Å². The summed E-state index contributed by atoms with van der Waals surface area (Å²) in [7, 11) is 0. The minimum absolute atomic E-state index is 0.352. The molecule has 0 aromatic heterocycles. The van der Waals surface area contributed by atoms with Crippen LogP contribution in [-0.4, -0.2) is 22.2 Å². The smallest absolute Gasteiger partial charge is 0.328 e. The Balaban J connectivity index is 0.000000333. The molecule has 0 aliphatic heterocycles. The number of benzene rings is 2. The van der Waals surface area contributed by atoms with Gasteiger partial charge in [-0.15, -0.1) is 0 Å². The van der Waals surface area contributed by atoms with Gasteiger partial charge >= 0.3 is 11.9 Å². The van der Waals surface area contributed by atoms with Gasteiger partial charge in [-0.2, -0.15) is 0 Å². The van der Waals surface area contributed by atoms with Crippen LogP contribution in [0.3, 0.4) is 0 Å². The molecule has 0 saturated carbocycles. The molecule has 25 heavy (non-hydrogen) atoms. The van der Waals surface area contributed by atoms with Crippen molar-refractivity contribution >= 4 is 23.5 Å². The molecule has 2 rings (SSSR count). The molecular weight excluding hydrogens is 342 g/mol. The summed E-state index contributed by atoms with van der Waals surface area (Å²) in [5.74, 6) is -2.51. The van der Waals surface area contributed by atoms with Crippen molar-refractivity contribution in [2.75, 3.05) is 0 Å². The molecule has 0 heterocycles. The van der Waals surface area contributed by atoms with Crippen LogP contribution in [0.5, 0.6) is 0 Å². The lowest BCUT2D eigenvalue weighted by Gasteiger charge is -2.25. The molecule has 4 N–H and O–H groups in total. The van der Waals surface area contributed by atoms with E-state index in [9.17, 15) is 9.59 Å². The average molecular weight is 362 g/mol. The zero-order valence-electron chi connectivity index (χ0n) is 13.7. The summed E-state index contributed by atoms with van der Waals surface area (Å²) in [6.07, 6.45) is 1.92. The first-order valence-corrected chi connectivity index (χ1v) is 7.81. The second kappa shape index (κ2) is 9.61. The number of hydrogen-bond acceptors (Lipinski definition) is 3. The van der Waals surface area contributed by atoms with Crippen molar-refractivity contribution < 1.29 is 19.8 Å². The van der Waals surface area contributed by atoms with Gasteiger partial charge in [0.1, 0.15) is 0 Å². The van der Waals surface area contributed by atoms with Gasteiger partial charge in [-0.3, -0.25) is 0 Å². The number of hydrogen-bond donors (Lipinski definition) is 3. The summed E-state index contributed by atoms with van der Waals surface area (Å²) < 4.78 is 0. The van der Waals surface area contributed by atoms with Crippen LogP contribution in [0.2, 0.25) is 5.02 Å². The highest BCUT2D eigenvalue weighted by Gasteiger charge is 2.21. The zero-order valence-corrected chi connectivity index (χ0v) is 14.5. The summed E-state index contributed by atoms with van der Waals surface area (Å²) in [4.78, 5) is 19.1. The molecule has 0 aliphatic rings. The van der Waals surface area contributed by atoms with Crippen LogP contribution in [-0.2, 0) is 21.5 Å². The summed E-state index contributed by atoms with van der Waals surface area (Å²) >= 11 is 5.87. The molecule has 0 aliphatic carbocycles. The van der Waals surface area contributed by atoms with Crippen molar-refractivity contribution in [2.45, 2.75) is 18.9 Å². The third kappa shape index (κ3) is 8.15. The fraction of sp³-hybridized carbons (Fsp3) is 0.158. The van der Waals surface area contributed by atoms with Crippen molar-refractivity contribution in [3.8, 4) is 0 Å². The second-order valence-electron chi connectivity index (χ2n) is 5.60. The van der Waals surface area contributed by atoms with Gasteiger partial charge in [0.25, 0.3) is 0 Å². The molecule has 0 saturated heterocycles. The molecule has 0 bridgehead atoms. The van der Waals surface area contributed by atoms with E-state index in [0.29, 0.717) is 12.2 Å². The molecule has 1 unspecified atom stereocenters. The Morgan fingerprint density at radius 2 is 1.48 bits per heavy atom. The first-order valence-electron chi connectivity index (χ1n) is 7.43. The van der Waals surface area contributed by atoms with Crippen molar-refractivity contribution in [1.29, 1.82) is 0 Å². The predicted molar refractivity (Wildman–Crippen MR) is 97.5 cm³/mol. The predicted octanol–water partition coefficient (Wildman–Crippen LogP) is 3.47. The van der Waals surface area contributed by atoms with Crippen molar-refractivity contribution in [2.24, 2.45) is 5.73 Å². The zero-order chi connectivity index (χ0) is 18.9. The highest BCUT2D eigenvalue weighted by atomic mass is 35.5. The van der Waals surface area contributed by atoms with Gasteiger partial charge < -0.3 is 15.9 Å². The lowest BCUT2D eigenvalue weighted by Crippen LogP contribution is -2.35. The maximum absolute atomic E-state index is 9.55. The number of rotatable bonds is 5. The summed E-state index contributed by atoms with van der Waals surface area (Å²) in [5, 5.41) is 16.4. The molecule has 6 heteroatoms. The van der Waals surface area contributed by atoms with Crippen molar-refractivity contribution in [1.82, 2.24) is 0 Å². The Kier molecular flexibility index (Phi) is 7.85. The SMILES string of the molecule is CC(N)(Cc1ccc(Cl)cc1)c1ccccc1.O=C(O)C=CC(=O)O. The third-order valence-corrected chi connectivity index (χ3v) is 3.54. The van der Waals surface area contributed by atoms with E-state index in [-0.39, 0.29) is 5.54 Å². The maximum Gasteiger partial charge on any atom is 0.328 e. The highest BCUT2D eigenvalue weighted by molar-refractivity contribution is 6.30. The van der Waals surface area contributed by atoms with E-state index >= 15 is 0 Å². The number of carbonyl (C=O) groups is 2. The molecule has 0 spiro atoms. The molecule has 1 atom stereocenters. The quantitative estimate of drug-likeness (QED) is 0.708. The van der Waals surface area contributed by atoms with E-state index < -0.39 is 11.9 Å². The lowest BCUT2D eigenvalue weighted by atomic mass is 9.87. The van der Waals surface area contributed by atoms with Crippen LogP contribution in [0.1, 0.15) is 18.1 Å². The molecule has 2 aromatic rings. The van der Waals surface area contributed by atoms with Gasteiger partial charge in [-0.1, -0.05) is 54.1 Å². The Bertz CT molecular complexity index is 709. The topological polar surface area (TPSA) is 101 Å². The molecule has 0 fully saturated rings. The van der Waals surface area contributed by atoms with Gasteiger partial charge in [-0.25, -0.2) is 9.59 Å². The van der Waals surface area contributed by atoms with Crippen LogP contribution in [0.25, 0.3) is 0 Å². The molecular formula is C19H20ClNO4. The van der Waals surface area contributed by atoms with Crippen LogP contribution in [0.15, 0.2) is 66.7 Å². The summed E-state index contributed by atoms with van der Waals surface area (Å²) in [5.41, 5.74) is 8.37. The van der Waals surface area contributed by atoms with Crippen LogP contribution < -0.4 is 5.73 Å². The van der Waals surface area contributed by atoms with Gasteiger partial charge in [0.05, 0.1) is 0 Å². The number of aliphatic carboxylic acids is 2. The largest absolute Gasteiger partial charge is 0.478 e. The summed E-state index contributed by atoms with van der Waals surface area (Å²) in [6.45, 7) is 2.05. The van der Waals surface area contributed by atoms with Crippen LogP contribution in [0.4, 0.5) is 0 Å². The van der Waals surface area contributed by atoms with E-state index in [4.69, 9.17) is 27.5 Å². The minimum Gasteiger partial charge on any atom is -0.478 e. The first-order chi connectivity index (χ1) is 11.7. The molecule has 0 radical (unpaired) electrons. The Hall–Kier alpha value is -2.63. The van der Waals surface area contributed by atoms with Gasteiger partial charge in [0.2, 0.25) is 0 Å². The average Bonchev–Trinajstić information content (AvgIpc) is 2.56. The number of carboxylic acid groups (broad SMARTS) is 2. The van der Waals surface area contributed by atoms with Crippen molar-refractivity contribution in [3.05, 3.63) is 82.9 Å². The van der Waals surface area contributed by atoms with Crippen molar-refractivity contribution in [3.63, 3.8) is 0 Å². The highest BCUT2D eigenvalue weighted by Crippen LogP contribution is 2.23. The van der Waals surface area contributed by atoms with Gasteiger partial charge in [-0.05, 0) is 36.6 Å². The lowest BCUT2D eigenvalue weighted by molar-refractivity contribution is -0.134. The number of carboxylic acids is 2. The molecule has 0 amide bonds. The first kappa shape index (κ1) is 20.4. The van der Waals surface area contributed by atoms with E-state index in [0.717, 1.165) is 17.0 Å². The third-order valence-electron chi connectivity index (χ3n) is 3.29. The Morgan fingerprint density at radius 3 is 1.92 bits per heavy atom. The van der Waals surface area contributed by atoms with Crippen LogP contribution >= 0.6 is 11.6 Å². The fourth-order valence-electron chi connectivity index (χ4n) is 2.09. The number of nitrogens with two attached hydrogens (primary N) is 1. The fourth-order valence-corrected chi connectivity index (χ4v) is 2.22. The molecule has 5 nitrogen and oxygen atoms in total. The second-order valence-corrected chi connectivity index (χ2v) is 6.03. The molecule has 2 aromatic carbocycles. The van der Waals surface area contributed by atoms with Gasteiger partial charge in [0, 0.05) is 22.7 Å². The standard InChI is InChI=1S/C15H16ClN.C4H4O4/c1-15(17,13-5-3-2-4-6-13)11-12-7-9-14(16)10-8-12;5-3(6)1-2-4(7)8/h2-10H,11,17H2,1H3;1-2H,(H,5,6)(H,7,8). The Labute approximate surface area is 151 Å². The maximum atomic E-state index is 9.55. The van der Waals surface area contributed by atoms with E-state index in [1.54, 1.807) is 0 Å². The van der Waals surface area contributed by atoms with E-state index in [1.807, 2.05) is 42.5 Å².